The van der Waals surface area contributed by atoms with Crippen LogP contribution in [0.3, 0.4) is 0 Å². The molecule has 2 aromatic rings. The molecule has 0 bridgehead atoms. The molecule has 2 amide bonds. The van der Waals surface area contributed by atoms with Gasteiger partial charge in [0.1, 0.15) is 11.4 Å². The van der Waals surface area contributed by atoms with Gasteiger partial charge in [-0.2, -0.15) is 26.3 Å². The summed E-state index contributed by atoms with van der Waals surface area (Å²) in [6, 6.07) is 5.96. The van der Waals surface area contributed by atoms with Gasteiger partial charge < -0.3 is 16.0 Å². The van der Waals surface area contributed by atoms with Gasteiger partial charge in [-0.15, -0.1) is 0 Å². The predicted octanol–water partition coefficient (Wildman–Crippen LogP) is 4.75. The fourth-order valence-corrected chi connectivity index (χ4v) is 3.56. The molecule has 0 aromatic heterocycles. The monoisotopic (exact) mass is 503 g/mol. The van der Waals surface area contributed by atoms with Crippen LogP contribution in [0.1, 0.15) is 29.5 Å². The normalized spacial score (nSPS) is 16.2. The molecule has 1 heterocycles. The van der Waals surface area contributed by atoms with Crippen LogP contribution < -0.4 is 16.0 Å². The largest absolute Gasteiger partial charge is 0.416 e. The average molecular weight is 503 g/mol. The quantitative estimate of drug-likeness (QED) is 0.408. The Balaban J connectivity index is 1.85. The molecule has 1 aliphatic heterocycles. The van der Waals surface area contributed by atoms with E-state index in [4.69, 9.17) is 0 Å². The van der Waals surface area contributed by atoms with Gasteiger partial charge in [-0.25, -0.2) is 4.39 Å². The first kappa shape index (κ1) is 26.2. The second-order valence-corrected chi connectivity index (χ2v) is 7.95. The molecule has 2 aromatic carbocycles. The fourth-order valence-electron chi connectivity index (χ4n) is 3.56. The maximum Gasteiger partial charge on any atom is 0.416 e. The summed E-state index contributed by atoms with van der Waals surface area (Å²) < 4.78 is 91.9. The van der Waals surface area contributed by atoms with E-state index in [0.717, 1.165) is 6.08 Å². The number of hydrogen-bond acceptors (Lipinski definition) is 3. The van der Waals surface area contributed by atoms with Gasteiger partial charge >= 0.3 is 12.4 Å². The zero-order valence-corrected chi connectivity index (χ0v) is 18.0. The number of nitrogens with one attached hydrogen (secondary N) is 3. The van der Waals surface area contributed by atoms with Gasteiger partial charge in [0.25, 0.3) is 0 Å². The molecule has 0 unspecified atom stereocenters. The van der Waals surface area contributed by atoms with Crippen LogP contribution in [0, 0.1) is 5.82 Å². The number of hydrogen-bond donors (Lipinski definition) is 3. The SMILES string of the molecule is O=C(/C=C/c1ccc(F)cc1)NC1(C(=O)Nc2cc(C(F)(F)F)cc(C(F)(F)F)c2)CCNCC1. The topological polar surface area (TPSA) is 70.2 Å². The molecule has 1 fully saturated rings. The lowest BCUT2D eigenvalue weighted by Gasteiger charge is -2.36. The second-order valence-electron chi connectivity index (χ2n) is 7.95. The number of halogens is 7. The number of anilines is 1. The Hall–Kier alpha value is -3.41. The van der Waals surface area contributed by atoms with Crippen molar-refractivity contribution in [1.29, 1.82) is 0 Å². The van der Waals surface area contributed by atoms with Crippen LogP contribution in [0.4, 0.5) is 36.4 Å². The summed E-state index contributed by atoms with van der Waals surface area (Å²) >= 11 is 0. The molecule has 0 atom stereocenters. The number of rotatable bonds is 5. The molecule has 35 heavy (non-hydrogen) atoms. The Labute approximate surface area is 195 Å². The van der Waals surface area contributed by atoms with E-state index in [1.807, 2.05) is 0 Å². The van der Waals surface area contributed by atoms with Crippen molar-refractivity contribution < 1.29 is 40.3 Å². The van der Waals surface area contributed by atoms with Gasteiger partial charge in [0, 0.05) is 11.8 Å². The van der Waals surface area contributed by atoms with Crippen molar-refractivity contribution in [1.82, 2.24) is 10.6 Å². The Morgan fingerprint density at radius 3 is 1.94 bits per heavy atom. The third kappa shape index (κ3) is 6.81. The molecule has 0 aliphatic carbocycles. The summed E-state index contributed by atoms with van der Waals surface area (Å²) in [7, 11) is 0. The van der Waals surface area contributed by atoms with Gasteiger partial charge in [-0.3, -0.25) is 9.59 Å². The number of amides is 2. The minimum atomic E-state index is -5.08. The molecule has 0 spiro atoms. The number of alkyl halides is 6. The predicted molar refractivity (Wildman–Crippen MR) is 113 cm³/mol. The first-order valence-corrected chi connectivity index (χ1v) is 10.4. The van der Waals surface area contributed by atoms with Crippen molar-refractivity contribution >= 4 is 23.6 Å². The van der Waals surface area contributed by atoms with Gasteiger partial charge in [-0.1, -0.05) is 12.1 Å². The lowest BCUT2D eigenvalue weighted by atomic mass is 9.87. The van der Waals surface area contributed by atoms with E-state index in [1.165, 1.54) is 30.3 Å². The Morgan fingerprint density at radius 2 is 1.43 bits per heavy atom. The van der Waals surface area contributed by atoms with Gasteiger partial charge in [-0.05, 0) is 67.9 Å². The zero-order valence-electron chi connectivity index (χ0n) is 18.0. The van der Waals surface area contributed by atoms with Crippen LogP contribution in [0.15, 0.2) is 48.5 Å². The average Bonchev–Trinajstić information content (AvgIpc) is 2.78. The van der Waals surface area contributed by atoms with Gasteiger partial charge in [0.15, 0.2) is 0 Å². The van der Waals surface area contributed by atoms with Crippen LogP contribution in [0.25, 0.3) is 6.08 Å². The molecule has 0 radical (unpaired) electrons. The van der Waals surface area contributed by atoms with E-state index in [2.05, 4.69) is 16.0 Å². The Kier molecular flexibility index (Phi) is 7.53. The lowest BCUT2D eigenvalue weighted by molar-refractivity contribution is -0.143. The van der Waals surface area contributed by atoms with Gasteiger partial charge in [0.2, 0.25) is 11.8 Å². The van der Waals surface area contributed by atoms with Crippen LogP contribution in [-0.2, 0) is 21.9 Å². The maximum absolute atomic E-state index is 13.1. The molecule has 3 rings (SSSR count). The van der Waals surface area contributed by atoms with Crippen molar-refractivity contribution in [2.75, 3.05) is 18.4 Å². The van der Waals surface area contributed by atoms with Crippen LogP contribution in [0.5, 0.6) is 0 Å². The summed E-state index contributed by atoms with van der Waals surface area (Å²) in [5.74, 6) is -2.14. The number of piperidine rings is 1. The standard InChI is InChI=1S/C23H20F7N3O2/c24-17-4-1-14(2-5-17)3-6-19(34)33-21(7-9-31-10-8-21)20(35)32-18-12-15(22(25,26)27)11-16(13-18)23(28,29)30/h1-6,11-13,31H,7-10H2,(H,32,35)(H,33,34)/b6-3+. The summed E-state index contributed by atoms with van der Waals surface area (Å²) in [5, 5.41) is 7.61. The minimum Gasteiger partial charge on any atom is -0.338 e. The minimum absolute atomic E-state index is 0.0417. The highest BCUT2D eigenvalue weighted by Crippen LogP contribution is 2.37. The van der Waals surface area contributed by atoms with Crippen molar-refractivity contribution in [3.05, 3.63) is 71.0 Å². The molecule has 1 aliphatic rings. The lowest BCUT2D eigenvalue weighted by Crippen LogP contribution is -2.61. The highest BCUT2D eigenvalue weighted by molar-refractivity contribution is 6.03. The van der Waals surface area contributed by atoms with Crippen molar-refractivity contribution in [2.45, 2.75) is 30.7 Å². The van der Waals surface area contributed by atoms with E-state index >= 15 is 0 Å². The third-order valence-corrected chi connectivity index (χ3v) is 5.40. The number of carbonyl (C=O) groups excluding carboxylic acids is 2. The molecule has 1 saturated heterocycles. The Morgan fingerprint density at radius 1 is 0.886 bits per heavy atom. The van der Waals surface area contributed by atoms with Crippen molar-refractivity contribution in [3.8, 4) is 0 Å². The highest BCUT2D eigenvalue weighted by atomic mass is 19.4. The molecule has 0 saturated carbocycles. The summed E-state index contributed by atoms with van der Waals surface area (Å²) in [5.41, 5.74) is -4.94. The second kappa shape index (κ2) is 10.1. The number of carbonyl (C=O) groups is 2. The molecular weight excluding hydrogens is 483 g/mol. The molecule has 5 nitrogen and oxygen atoms in total. The van der Waals surface area contributed by atoms with E-state index in [-0.39, 0.29) is 32.0 Å². The van der Waals surface area contributed by atoms with Crippen molar-refractivity contribution in [3.63, 3.8) is 0 Å². The van der Waals surface area contributed by atoms with E-state index < -0.39 is 52.3 Å². The first-order valence-electron chi connectivity index (χ1n) is 10.4. The summed E-state index contributed by atoms with van der Waals surface area (Å²) in [4.78, 5) is 25.6. The van der Waals surface area contributed by atoms with Crippen LogP contribution in [0.2, 0.25) is 0 Å². The third-order valence-electron chi connectivity index (χ3n) is 5.40. The zero-order chi connectivity index (χ0) is 25.9. The summed E-state index contributed by atoms with van der Waals surface area (Å²) in [6.07, 6.45) is -7.61. The molecule has 12 heteroatoms. The van der Waals surface area contributed by atoms with E-state index in [1.54, 1.807) is 0 Å². The van der Waals surface area contributed by atoms with E-state index in [0.29, 0.717) is 17.7 Å². The smallest absolute Gasteiger partial charge is 0.338 e. The van der Waals surface area contributed by atoms with Gasteiger partial charge in [0.05, 0.1) is 11.1 Å². The Bertz CT molecular complexity index is 1070. The fraction of sp³-hybridized carbons (Fsp3) is 0.304. The first-order chi connectivity index (χ1) is 16.3. The van der Waals surface area contributed by atoms with E-state index in [9.17, 15) is 40.3 Å². The number of benzene rings is 2. The van der Waals surface area contributed by atoms with Crippen molar-refractivity contribution in [2.24, 2.45) is 0 Å². The van der Waals surface area contributed by atoms with Crippen LogP contribution in [-0.4, -0.2) is 30.4 Å². The molecule has 188 valence electrons. The maximum atomic E-state index is 13.1. The highest BCUT2D eigenvalue weighted by Gasteiger charge is 2.42. The van der Waals surface area contributed by atoms with Crippen LogP contribution >= 0.6 is 0 Å². The molecule has 3 N–H and O–H groups in total. The molecular formula is C23H20F7N3O2. The summed E-state index contributed by atoms with van der Waals surface area (Å²) in [6.45, 7) is 0.539.